The second-order valence-electron chi connectivity index (χ2n) is 3.10. The van der Waals surface area contributed by atoms with Gasteiger partial charge in [0.2, 0.25) is 0 Å². The molecule has 78 valence electrons. The Morgan fingerprint density at radius 1 is 1.57 bits per heavy atom. The summed E-state index contributed by atoms with van der Waals surface area (Å²) in [6.45, 7) is 2.14. The van der Waals surface area contributed by atoms with Gasteiger partial charge in [0.25, 0.3) is 0 Å². The quantitative estimate of drug-likeness (QED) is 0.870. The molecule has 1 atom stereocenters. The highest BCUT2D eigenvalue weighted by Gasteiger charge is 2.12. The summed E-state index contributed by atoms with van der Waals surface area (Å²) in [5.41, 5.74) is 7.19. The number of benzene rings is 1. The summed E-state index contributed by atoms with van der Waals surface area (Å²) >= 11 is 3.41. The van der Waals surface area contributed by atoms with Gasteiger partial charge in [-0.05, 0) is 30.2 Å². The Kier molecular flexibility index (Phi) is 3.92. The summed E-state index contributed by atoms with van der Waals surface area (Å²) in [6.07, 6.45) is -0.654. The van der Waals surface area contributed by atoms with E-state index in [1.165, 1.54) is 0 Å². The number of hydrogen-bond donors (Lipinski definition) is 2. The number of ether oxygens (including phenoxy) is 1. The maximum Gasteiger partial charge on any atom is 0.119 e. The smallest absolute Gasteiger partial charge is 0.119 e. The molecule has 0 aliphatic heterocycles. The fraction of sp³-hybridized carbons (Fsp3) is 0.400. The van der Waals surface area contributed by atoms with Gasteiger partial charge in [0, 0.05) is 11.0 Å². The number of aryl methyl sites for hydroxylation is 1. The van der Waals surface area contributed by atoms with E-state index in [0.29, 0.717) is 0 Å². The van der Waals surface area contributed by atoms with Crippen molar-refractivity contribution >= 4 is 15.9 Å². The van der Waals surface area contributed by atoms with E-state index in [0.717, 1.165) is 21.3 Å². The van der Waals surface area contributed by atoms with Gasteiger partial charge in [0.15, 0.2) is 0 Å². The molecular formula is C10H14BrNO2. The second kappa shape index (κ2) is 4.77. The molecule has 1 rings (SSSR count). The van der Waals surface area contributed by atoms with Gasteiger partial charge >= 0.3 is 0 Å². The molecule has 1 unspecified atom stereocenters. The molecule has 0 spiro atoms. The second-order valence-corrected chi connectivity index (χ2v) is 3.89. The molecule has 1 aromatic carbocycles. The Morgan fingerprint density at radius 2 is 2.21 bits per heavy atom. The first-order valence-corrected chi connectivity index (χ1v) is 5.11. The van der Waals surface area contributed by atoms with Crippen LogP contribution in [0.3, 0.4) is 0 Å². The predicted octanol–water partition coefficient (Wildman–Crippen LogP) is 1.76. The number of methoxy groups -OCH3 is 1. The minimum Gasteiger partial charge on any atom is -0.497 e. The molecule has 1 aromatic rings. The minimum absolute atomic E-state index is 0.200. The molecule has 0 fully saturated rings. The SMILES string of the molecule is COc1cc(C)c(Br)c(C(O)CN)c1. The molecule has 0 amide bonds. The van der Waals surface area contributed by atoms with Crippen LogP contribution in [-0.4, -0.2) is 18.8 Å². The normalized spacial score (nSPS) is 12.6. The van der Waals surface area contributed by atoms with Gasteiger partial charge in [0.05, 0.1) is 13.2 Å². The largest absolute Gasteiger partial charge is 0.497 e. The first-order valence-electron chi connectivity index (χ1n) is 4.32. The van der Waals surface area contributed by atoms with Gasteiger partial charge in [-0.25, -0.2) is 0 Å². The third-order valence-corrected chi connectivity index (χ3v) is 3.16. The molecule has 0 radical (unpaired) electrons. The molecule has 0 aliphatic carbocycles. The lowest BCUT2D eigenvalue weighted by atomic mass is 10.1. The van der Waals surface area contributed by atoms with Crippen molar-refractivity contribution in [3.05, 3.63) is 27.7 Å². The van der Waals surface area contributed by atoms with Crippen LogP contribution in [0.1, 0.15) is 17.2 Å². The van der Waals surface area contributed by atoms with E-state index < -0.39 is 6.10 Å². The maximum atomic E-state index is 9.64. The van der Waals surface area contributed by atoms with Crippen LogP contribution in [0, 0.1) is 6.92 Å². The highest BCUT2D eigenvalue weighted by molar-refractivity contribution is 9.10. The fourth-order valence-corrected chi connectivity index (χ4v) is 1.74. The average Bonchev–Trinajstić information content (AvgIpc) is 2.20. The first-order chi connectivity index (χ1) is 6.60. The van der Waals surface area contributed by atoms with Gasteiger partial charge in [-0.15, -0.1) is 0 Å². The van der Waals surface area contributed by atoms with E-state index in [1.54, 1.807) is 13.2 Å². The number of aliphatic hydroxyl groups excluding tert-OH is 1. The topological polar surface area (TPSA) is 55.5 Å². The molecule has 3 nitrogen and oxygen atoms in total. The van der Waals surface area contributed by atoms with Crippen molar-refractivity contribution in [1.29, 1.82) is 0 Å². The van der Waals surface area contributed by atoms with Crippen molar-refractivity contribution < 1.29 is 9.84 Å². The van der Waals surface area contributed by atoms with Gasteiger partial charge in [0.1, 0.15) is 5.75 Å². The molecule has 0 aromatic heterocycles. The average molecular weight is 260 g/mol. The molecule has 0 heterocycles. The first kappa shape index (κ1) is 11.5. The standard InChI is InChI=1S/C10H14BrNO2/c1-6-3-7(14-2)4-8(10(6)11)9(13)5-12/h3-4,9,13H,5,12H2,1-2H3. The zero-order valence-electron chi connectivity index (χ0n) is 8.25. The zero-order chi connectivity index (χ0) is 10.7. The maximum absolute atomic E-state index is 9.64. The molecule has 3 N–H and O–H groups in total. The molecule has 0 saturated heterocycles. The predicted molar refractivity (Wildman–Crippen MR) is 59.4 cm³/mol. The molecule has 14 heavy (non-hydrogen) atoms. The lowest BCUT2D eigenvalue weighted by molar-refractivity contribution is 0.185. The Hall–Kier alpha value is -0.580. The number of hydrogen-bond acceptors (Lipinski definition) is 3. The van der Waals surface area contributed by atoms with Crippen LogP contribution in [0.15, 0.2) is 16.6 Å². The van der Waals surface area contributed by atoms with Crippen molar-refractivity contribution in [3.63, 3.8) is 0 Å². The van der Waals surface area contributed by atoms with Crippen molar-refractivity contribution in [2.45, 2.75) is 13.0 Å². The molecule has 0 aliphatic rings. The molecule has 4 heteroatoms. The highest BCUT2D eigenvalue weighted by atomic mass is 79.9. The van der Waals surface area contributed by atoms with E-state index in [-0.39, 0.29) is 6.54 Å². The summed E-state index contributed by atoms with van der Waals surface area (Å²) < 4.78 is 6.00. The van der Waals surface area contributed by atoms with Crippen LogP contribution in [0.5, 0.6) is 5.75 Å². The lowest BCUT2D eigenvalue weighted by Gasteiger charge is -2.14. The summed E-state index contributed by atoms with van der Waals surface area (Å²) in [7, 11) is 1.60. The summed E-state index contributed by atoms with van der Waals surface area (Å²) in [4.78, 5) is 0. The van der Waals surface area contributed by atoms with Crippen LogP contribution >= 0.6 is 15.9 Å². The lowest BCUT2D eigenvalue weighted by Crippen LogP contribution is -2.12. The molecule has 0 bridgehead atoms. The van der Waals surface area contributed by atoms with Crippen LogP contribution in [-0.2, 0) is 0 Å². The van der Waals surface area contributed by atoms with Crippen molar-refractivity contribution in [1.82, 2.24) is 0 Å². The van der Waals surface area contributed by atoms with Crippen molar-refractivity contribution in [2.24, 2.45) is 5.73 Å². The van der Waals surface area contributed by atoms with E-state index in [4.69, 9.17) is 10.5 Å². The molecule has 0 saturated carbocycles. The van der Waals surface area contributed by atoms with E-state index in [9.17, 15) is 5.11 Å². The summed E-state index contributed by atoms with van der Waals surface area (Å²) in [6, 6.07) is 3.69. The Morgan fingerprint density at radius 3 is 2.71 bits per heavy atom. The summed E-state index contributed by atoms with van der Waals surface area (Å²) in [5.74, 6) is 0.730. The Bertz CT molecular complexity index is 328. The van der Waals surface area contributed by atoms with Crippen LogP contribution in [0.25, 0.3) is 0 Å². The fourth-order valence-electron chi connectivity index (χ4n) is 1.25. The van der Waals surface area contributed by atoms with E-state index in [2.05, 4.69) is 15.9 Å². The van der Waals surface area contributed by atoms with Crippen LogP contribution in [0.4, 0.5) is 0 Å². The zero-order valence-corrected chi connectivity index (χ0v) is 9.84. The van der Waals surface area contributed by atoms with Gasteiger partial charge in [-0.3, -0.25) is 0 Å². The molecular weight excluding hydrogens is 246 g/mol. The number of rotatable bonds is 3. The Labute approximate surface area is 92.0 Å². The Balaban J connectivity index is 3.20. The van der Waals surface area contributed by atoms with Crippen molar-refractivity contribution in [2.75, 3.05) is 13.7 Å². The van der Waals surface area contributed by atoms with Gasteiger partial charge < -0.3 is 15.6 Å². The number of nitrogens with two attached hydrogens (primary N) is 1. The third-order valence-electron chi connectivity index (χ3n) is 2.07. The van der Waals surface area contributed by atoms with Crippen molar-refractivity contribution in [3.8, 4) is 5.75 Å². The third kappa shape index (κ3) is 2.26. The number of halogens is 1. The highest BCUT2D eigenvalue weighted by Crippen LogP contribution is 2.30. The van der Waals surface area contributed by atoms with Crippen LogP contribution in [0.2, 0.25) is 0 Å². The van der Waals surface area contributed by atoms with E-state index in [1.807, 2.05) is 13.0 Å². The van der Waals surface area contributed by atoms with E-state index >= 15 is 0 Å². The number of aliphatic hydroxyl groups is 1. The van der Waals surface area contributed by atoms with Gasteiger partial charge in [-0.1, -0.05) is 15.9 Å². The van der Waals surface area contributed by atoms with Crippen LogP contribution < -0.4 is 10.5 Å². The van der Waals surface area contributed by atoms with Gasteiger partial charge in [-0.2, -0.15) is 0 Å². The monoisotopic (exact) mass is 259 g/mol. The minimum atomic E-state index is -0.654. The summed E-state index contributed by atoms with van der Waals surface area (Å²) in [5, 5.41) is 9.64.